The molecule has 37 heavy (non-hydrogen) atoms. The molecule has 0 aliphatic rings. The molecular formula is C29H52NO6P. The summed E-state index contributed by atoms with van der Waals surface area (Å²) in [6.07, 6.45) is 14.9. The highest BCUT2D eigenvalue weighted by molar-refractivity contribution is 7.47. The van der Waals surface area contributed by atoms with Gasteiger partial charge in [-0.25, -0.2) is 4.57 Å². The number of ether oxygens (including phenoxy) is 1. The van der Waals surface area contributed by atoms with E-state index in [9.17, 15) is 14.3 Å². The molecule has 0 bridgehead atoms. The molecule has 2 atom stereocenters. The lowest BCUT2D eigenvalue weighted by Crippen LogP contribution is -2.17. The van der Waals surface area contributed by atoms with E-state index in [1.807, 2.05) is 38.2 Å². The first-order chi connectivity index (χ1) is 17.9. The van der Waals surface area contributed by atoms with Gasteiger partial charge in [0.2, 0.25) is 0 Å². The molecule has 2 unspecified atom stereocenters. The molecule has 214 valence electrons. The van der Waals surface area contributed by atoms with Crippen LogP contribution in [0, 0.1) is 5.92 Å². The van der Waals surface area contributed by atoms with Crippen molar-refractivity contribution in [3.8, 4) is 5.75 Å². The van der Waals surface area contributed by atoms with Gasteiger partial charge in [-0.1, -0.05) is 83.8 Å². The molecule has 0 aliphatic heterocycles. The summed E-state index contributed by atoms with van der Waals surface area (Å²) in [5, 5.41) is 2.95. The lowest BCUT2D eigenvalue weighted by molar-refractivity contribution is -0.120. The normalized spacial score (nSPS) is 13.8. The summed E-state index contributed by atoms with van der Waals surface area (Å²) in [6.45, 7) is 5.61. The molecule has 0 aliphatic carbocycles. The van der Waals surface area contributed by atoms with Crippen molar-refractivity contribution in [2.24, 2.45) is 5.92 Å². The molecule has 0 heterocycles. The van der Waals surface area contributed by atoms with Crippen LogP contribution in [0.1, 0.15) is 103 Å². The van der Waals surface area contributed by atoms with Crippen molar-refractivity contribution in [3.63, 3.8) is 0 Å². The number of benzene rings is 1. The number of hydrogen-bond acceptors (Lipinski definition) is 6. The number of nitrogens with one attached hydrogen (secondary N) is 1. The van der Waals surface area contributed by atoms with Gasteiger partial charge in [0.1, 0.15) is 11.5 Å². The molecule has 0 spiro atoms. The predicted molar refractivity (Wildman–Crippen MR) is 151 cm³/mol. The molecular weight excluding hydrogens is 489 g/mol. The second kappa shape index (κ2) is 21.7. The van der Waals surface area contributed by atoms with Gasteiger partial charge in [-0.3, -0.25) is 13.8 Å². The van der Waals surface area contributed by atoms with Gasteiger partial charge in [-0.2, -0.15) is 0 Å². The van der Waals surface area contributed by atoms with E-state index in [1.54, 1.807) is 0 Å². The summed E-state index contributed by atoms with van der Waals surface area (Å²) in [6, 6.07) is 7.88. The number of hydrogen-bond donors (Lipinski definition) is 2. The maximum atomic E-state index is 12.2. The molecule has 2 N–H and O–H groups in total. The van der Waals surface area contributed by atoms with Crippen LogP contribution in [0.25, 0.3) is 0 Å². The summed E-state index contributed by atoms with van der Waals surface area (Å²) < 4.78 is 28.3. The maximum Gasteiger partial charge on any atom is 0.472 e. The van der Waals surface area contributed by atoms with Gasteiger partial charge < -0.3 is 14.9 Å². The monoisotopic (exact) mass is 541 g/mol. The number of Topliss-reactive ketones (excluding diaryl/α,β-unsaturated/α-hetero) is 1. The summed E-state index contributed by atoms with van der Waals surface area (Å²) in [5.74, 6) is 0.743. The molecule has 0 radical (unpaired) electrons. The van der Waals surface area contributed by atoms with Crippen LogP contribution in [0.15, 0.2) is 24.3 Å². The van der Waals surface area contributed by atoms with Crippen LogP contribution < -0.4 is 10.1 Å². The van der Waals surface area contributed by atoms with E-state index in [2.05, 4.69) is 12.2 Å². The first-order valence-corrected chi connectivity index (χ1v) is 15.9. The Morgan fingerprint density at radius 2 is 1.51 bits per heavy atom. The molecule has 1 aromatic rings. The zero-order valence-electron chi connectivity index (χ0n) is 23.6. The molecule has 8 heteroatoms. The van der Waals surface area contributed by atoms with Crippen molar-refractivity contribution in [1.29, 1.82) is 0 Å². The number of carbonyl (C=O) groups is 1. The van der Waals surface area contributed by atoms with Gasteiger partial charge in [0, 0.05) is 12.8 Å². The molecule has 7 nitrogen and oxygen atoms in total. The lowest BCUT2D eigenvalue weighted by Gasteiger charge is -2.19. The number of unbranched alkanes of at least 4 members (excludes halogenated alkanes) is 9. The third-order valence-corrected chi connectivity index (χ3v) is 7.41. The Hall–Kier alpha value is -1.24. The van der Waals surface area contributed by atoms with E-state index < -0.39 is 7.82 Å². The average molecular weight is 542 g/mol. The van der Waals surface area contributed by atoms with Gasteiger partial charge in [0.25, 0.3) is 0 Å². The quantitative estimate of drug-likeness (QED) is 0.0994. The van der Waals surface area contributed by atoms with Crippen LogP contribution in [0.3, 0.4) is 0 Å². The molecule has 0 amide bonds. The van der Waals surface area contributed by atoms with Gasteiger partial charge in [-0.05, 0) is 56.5 Å². The summed E-state index contributed by atoms with van der Waals surface area (Å²) in [7, 11) is -2.33. The lowest BCUT2D eigenvalue weighted by atomic mass is 9.94. The van der Waals surface area contributed by atoms with Crippen LogP contribution in [0.5, 0.6) is 5.75 Å². The Labute approximate surface area is 225 Å². The summed E-state index contributed by atoms with van der Waals surface area (Å²) >= 11 is 0. The number of ketones is 1. The molecule has 0 saturated carbocycles. The fourth-order valence-electron chi connectivity index (χ4n) is 4.16. The van der Waals surface area contributed by atoms with E-state index in [0.717, 1.165) is 24.3 Å². The first-order valence-electron chi connectivity index (χ1n) is 14.4. The van der Waals surface area contributed by atoms with Gasteiger partial charge in [0.05, 0.1) is 19.8 Å². The van der Waals surface area contributed by atoms with E-state index in [-0.39, 0.29) is 24.9 Å². The first kappa shape index (κ1) is 33.8. The van der Waals surface area contributed by atoms with Gasteiger partial charge in [-0.15, -0.1) is 0 Å². The van der Waals surface area contributed by atoms with Gasteiger partial charge >= 0.3 is 7.82 Å². The van der Waals surface area contributed by atoms with Crippen molar-refractivity contribution < 1.29 is 28.0 Å². The van der Waals surface area contributed by atoms with E-state index in [1.165, 1.54) is 57.8 Å². The third kappa shape index (κ3) is 18.6. The molecule has 1 aromatic carbocycles. The van der Waals surface area contributed by atoms with E-state index in [4.69, 9.17) is 13.8 Å². The summed E-state index contributed by atoms with van der Waals surface area (Å²) in [4.78, 5) is 22.0. The minimum absolute atomic E-state index is 0.0114. The largest absolute Gasteiger partial charge is 0.494 e. The zero-order chi connectivity index (χ0) is 27.2. The maximum absolute atomic E-state index is 12.2. The molecule has 0 saturated heterocycles. The van der Waals surface area contributed by atoms with Crippen LogP contribution in [0.2, 0.25) is 0 Å². The van der Waals surface area contributed by atoms with E-state index in [0.29, 0.717) is 32.2 Å². The Balaban J connectivity index is 2.36. The second-order valence-corrected chi connectivity index (χ2v) is 11.3. The topological polar surface area (TPSA) is 94.1 Å². The molecule has 0 fully saturated rings. The Morgan fingerprint density at radius 1 is 0.892 bits per heavy atom. The van der Waals surface area contributed by atoms with Crippen molar-refractivity contribution in [1.82, 2.24) is 5.32 Å². The standard InChI is InChI=1S/C29H52NO6P/c1-4-6-7-8-9-10-11-12-13-14-21-34-29-18-16-26(17-19-29)23-27(24-28(31)5-2)25-36-37(32,33)35-22-15-20-30-3/h16-19,27,30H,4-15,20-25H2,1-3H3,(H,32,33). The van der Waals surface area contributed by atoms with Crippen LogP contribution >= 0.6 is 7.82 Å². The Bertz CT molecular complexity index is 742. The Morgan fingerprint density at radius 3 is 2.11 bits per heavy atom. The predicted octanol–water partition coefficient (Wildman–Crippen LogP) is 7.26. The highest BCUT2D eigenvalue weighted by atomic mass is 31.2. The van der Waals surface area contributed by atoms with Crippen molar-refractivity contribution >= 4 is 13.6 Å². The van der Waals surface area contributed by atoms with Crippen molar-refractivity contribution in [3.05, 3.63) is 29.8 Å². The van der Waals surface area contributed by atoms with Crippen molar-refractivity contribution in [2.45, 2.75) is 104 Å². The molecule has 0 aromatic heterocycles. The number of phosphoric ester groups is 1. The minimum atomic E-state index is -4.14. The smallest absolute Gasteiger partial charge is 0.472 e. The van der Waals surface area contributed by atoms with Crippen LogP contribution in [0.4, 0.5) is 0 Å². The average Bonchev–Trinajstić information content (AvgIpc) is 2.89. The van der Waals surface area contributed by atoms with Crippen molar-refractivity contribution in [2.75, 3.05) is 33.4 Å². The third-order valence-electron chi connectivity index (χ3n) is 6.42. The minimum Gasteiger partial charge on any atom is -0.494 e. The molecule has 1 rings (SSSR count). The number of rotatable bonds is 25. The summed E-state index contributed by atoms with van der Waals surface area (Å²) in [5.41, 5.74) is 1.03. The highest BCUT2D eigenvalue weighted by Crippen LogP contribution is 2.44. The second-order valence-electron chi connectivity index (χ2n) is 9.90. The van der Waals surface area contributed by atoms with Gasteiger partial charge in [0.15, 0.2) is 0 Å². The van der Waals surface area contributed by atoms with E-state index >= 15 is 0 Å². The number of carbonyl (C=O) groups excluding carboxylic acids is 1. The fourth-order valence-corrected chi connectivity index (χ4v) is 4.99. The van der Waals surface area contributed by atoms with Crippen LogP contribution in [-0.4, -0.2) is 44.1 Å². The number of phosphoric acid groups is 1. The zero-order valence-corrected chi connectivity index (χ0v) is 24.4. The Kier molecular flexibility index (Phi) is 19.8. The van der Waals surface area contributed by atoms with Crippen LogP contribution in [-0.2, 0) is 24.8 Å². The fraction of sp³-hybridized carbons (Fsp3) is 0.759. The SMILES string of the molecule is CCCCCCCCCCCCOc1ccc(CC(COP(=O)(O)OCCCNC)CC(=O)CC)cc1. The highest BCUT2D eigenvalue weighted by Gasteiger charge is 2.24.